The highest BCUT2D eigenvalue weighted by Crippen LogP contribution is 2.40. The van der Waals surface area contributed by atoms with Crippen LogP contribution in [0.1, 0.15) is 50.3 Å². The number of nitrogens with zero attached hydrogens (tertiary/aromatic N) is 3. The van der Waals surface area contributed by atoms with Gasteiger partial charge in [-0.05, 0) is 36.8 Å². The molecule has 0 unspecified atom stereocenters. The van der Waals surface area contributed by atoms with Crippen LogP contribution in [-0.2, 0) is 6.54 Å². The van der Waals surface area contributed by atoms with Crippen LogP contribution in [0.5, 0.6) is 0 Å². The van der Waals surface area contributed by atoms with Gasteiger partial charge in [0.15, 0.2) is 0 Å². The molecule has 2 saturated carbocycles. The van der Waals surface area contributed by atoms with Crippen molar-refractivity contribution >= 4 is 11.6 Å². The van der Waals surface area contributed by atoms with E-state index in [2.05, 4.69) is 14.8 Å². The van der Waals surface area contributed by atoms with Gasteiger partial charge in [0.2, 0.25) is 5.28 Å². The van der Waals surface area contributed by atoms with E-state index >= 15 is 0 Å². The van der Waals surface area contributed by atoms with Crippen molar-refractivity contribution in [2.24, 2.45) is 5.92 Å². The predicted molar refractivity (Wildman–Crippen MR) is 59.0 cm³/mol. The lowest BCUT2D eigenvalue weighted by molar-refractivity contribution is 0.281. The van der Waals surface area contributed by atoms with Crippen LogP contribution < -0.4 is 0 Å². The van der Waals surface area contributed by atoms with E-state index in [1.54, 1.807) is 0 Å². The number of hydrogen-bond donors (Lipinski definition) is 0. The molecule has 0 N–H and O–H groups in total. The maximum Gasteiger partial charge on any atom is 0.225 e. The summed E-state index contributed by atoms with van der Waals surface area (Å²) in [5.74, 6) is 2.70. The summed E-state index contributed by atoms with van der Waals surface area (Å²) >= 11 is 6.05. The Balaban J connectivity index is 1.68. The van der Waals surface area contributed by atoms with Crippen molar-refractivity contribution < 1.29 is 0 Å². The van der Waals surface area contributed by atoms with E-state index in [0.717, 1.165) is 18.3 Å². The quantitative estimate of drug-likeness (QED) is 0.789. The Morgan fingerprint density at radius 1 is 1.20 bits per heavy atom. The number of halogens is 1. The van der Waals surface area contributed by atoms with Crippen molar-refractivity contribution in [3.63, 3.8) is 0 Å². The Hall–Kier alpha value is -0.570. The van der Waals surface area contributed by atoms with Crippen LogP contribution in [0.3, 0.4) is 0 Å². The van der Waals surface area contributed by atoms with Gasteiger partial charge in [-0.15, -0.1) is 10.2 Å². The van der Waals surface area contributed by atoms with Crippen LogP contribution in [0.25, 0.3) is 0 Å². The monoisotopic (exact) mass is 225 g/mol. The summed E-state index contributed by atoms with van der Waals surface area (Å²) in [7, 11) is 0. The normalized spacial score (nSPS) is 21.7. The highest BCUT2D eigenvalue weighted by Gasteiger charge is 2.30. The first kappa shape index (κ1) is 9.64. The summed E-state index contributed by atoms with van der Waals surface area (Å²) in [6.45, 7) is 1.02. The first-order valence-corrected chi connectivity index (χ1v) is 6.31. The molecule has 0 aromatic carbocycles. The van der Waals surface area contributed by atoms with Gasteiger partial charge in [0.05, 0.1) is 0 Å². The second kappa shape index (κ2) is 3.78. The first-order valence-electron chi connectivity index (χ1n) is 5.93. The molecule has 2 aliphatic carbocycles. The molecule has 0 amide bonds. The van der Waals surface area contributed by atoms with Crippen LogP contribution >= 0.6 is 11.6 Å². The molecule has 0 bridgehead atoms. The highest BCUT2D eigenvalue weighted by molar-refractivity contribution is 6.28. The smallest absolute Gasteiger partial charge is 0.225 e. The van der Waals surface area contributed by atoms with Crippen LogP contribution in [0.2, 0.25) is 5.28 Å². The minimum absolute atomic E-state index is 0.580. The van der Waals surface area contributed by atoms with Crippen molar-refractivity contribution in [2.45, 2.75) is 51.0 Å². The summed E-state index contributed by atoms with van der Waals surface area (Å²) in [6, 6.07) is 0. The average Bonchev–Trinajstić information content (AvgIpc) is 2.91. The number of aromatic nitrogens is 3. The maximum absolute atomic E-state index is 6.05. The molecule has 0 aliphatic heterocycles. The van der Waals surface area contributed by atoms with Gasteiger partial charge in [0, 0.05) is 12.5 Å². The zero-order chi connectivity index (χ0) is 10.3. The Morgan fingerprint density at radius 2 is 2.00 bits per heavy atom. The summed E-state index contributed by atoms with van der Waals surface area (Å²) in [5, 5.41) is 8.74. The van der Waals surface area contributed by atoms with Crippen molar-refractivity contribution in [3.05, 3.63) is 11.1 Å². The third-order valence-corrected chi connectivity index (χ3v) is 3.94. The molecule has 1 aromatic heterocycles. The topological polar surface area (TPSA) is 30.7 Å². The van der Waals surface area contributed by atoms with Crippen LogP contribution in [-0.4, -0.2) is 14.8 Å². The fraction of sp³-hybridized carbons (Fsp3) is 0.818. The molecule has 1 aromatic rings. The van der Waals surface area contributed by atoms with Gasteiger partial charge in [0.25, 0.3) is 0 Å². The molecular weight excluding hydrogens is 210 g/mol. The standard InChI is InChI=1S/C11H16ClN3/c12-11-14-13-10(9-4-5-9)15(11)7-6-8-2-1-3-8/h8-9H,1-7H2. The van der Waals surface area contributed by atoms with Crippen LogP contribution in [0, 0.1) is 5.92 Å². The lowest BCUT2D eigenvalue weighted by Gasteiger charge is -2.25. The lowest BCUT2D eigenvalue weighted by atomic mass is 9.83. The van der Waals surface area contributed by atoms with Gasteiger partial charge in [0.1, 0.15) is 5.82 Å². The minimum Gasteiger partial charge on any atom is -0.302 e. The second-order valence-corrected chi connectivity index (χ2v) is 5.18. The van der Waals surface area contributed by atoms with Gasteiger partial charge >= 0.3 is 0 Å². The van der Waals surface area contributed by atoms with E-state index < -0.39 is 0 Å². The summed E-state index contributed by atoms with van der Waals surface area (Å²) in [6.07, 6.45) is 7.99. The minimum atomic E-state index is 0.580. The van der Waals surface area contributed by atoms with Crippen molar-refractivity contribution in [1.29, 1.82) is 0 Å². The zero-order valence-electron chi connectivity index (χ0n) is 8.82. The largest absolute Gasteiger partial charge is 0.302 e. The van der Waals surface area contributed by atoms with E-state index in [1.807, 2.05) is 0 Å². The molecule has 0 spiro atoms. The van der Waals surface area contributed by atoms with Gasteiger partial charge in [-0.1, -0.05) is 19.3 Å². The summed E-state index contributed by atoms with van der Waals surface area (Å²) in [4.78, 5) is 0. The first-order chi connectivity index (χ1) is 7.34. The Labute approximate surface area is 94.8 Å². The second-order valence-electron chi connectivity index (χ2n) is 4.84. The number of hydrogen-bond acceptors (Lipinski definition) is 2. The zero-order valence-corrected chi connectivity index (χ0v) is 9.58. The van der Waals surface area contributed by atoms with Crippen molar-refractivity contribution in [1.82, 2.24) is 14.8 Å². The molecule has 3 nitrogen and oxygen atoms in total. The molecule has 0 atom stereocenters. The third-order valence-electron chi connectivity index (χ3n) is 3.66. The number of rotatable bonds is 4. The van der Waals surface area contributed by atoms with Crippen molar-refractivity contribution in [2.75, 3.05) is 0 Å². The average molecular weight is 226 g/mol. The van der Waals surface area contributed by atoms with Gasteiger partial charge < -0.3 is 4.57 Å². The summed E-state index contributed by atoms with van der Waals surface area (Å²) in [5.41, 5.74) is 0. The molecular formula is C11H16ClN3. The van der Waals surface area contributed by atoms with Crippen LogP contribution in [0.15, 0.2) is 0 Å². The highest BCUT2D eigenvalue weighted by atomic mass is 35.5. The lowest BCUT2D eigenvalue weighted by Crippen LogP contribution is -2.15. The third kappa shape index (κ3) is 1.89. The molecule has 0 radical (unpaired) electrons. The van der Waals surface area contributed by atoms with E-state index in [9.17, 15) is 0 Å². The molecule has 82 valence electrons. The van der Waals surface area contributed by atoms with Crippen LogP contribution in [0.4, 0.5) is 0 Å². The van der Waals surface area contributed by atoms with Gasteiger partial charge in [-0.25, -0.2) is 0 Å². The Bertz CT molecular complexity index is 353. The molecule has 3 rings (SSSR count). The van der Waals surface area contributed by atoms with E-state index in [-0.39, 0.29) is 0 Å². The molecule has 2 fully saturated rings. The fourth-order valence-corrected chi connectivity index (χ4v) is 2.45. The molecule has 15 heavy (non-hydrogen) atoms. The van der Waals surface area contributed by atoms with E-state index in [0.29, 0.717) is 11.2 Å². The molecule has 4 heteroatoms. The molecule has 1 heterocycles. The summed E-state index contributed by atoms with van der Waals surface area (Å²) < 4.78 is 2.12. The van der Waals surface area contributed by atoms with Crippen molar-refractivity contribution in [3.8, 4) is 0 Å². The predicted octanol–water partition coefficient (Wildman–Crippen LogP) is 3.00. The molecule has 0 saturated heterocycles. The molecule has 2 aliphatic rings. The van der Waals surface area contributed by atoms with Gasteiger partial charge in [-0.3, -0.25) is 0 Å². The fourth-order valence-electron chi connectivity index (χ4n) is 2.24. The van der Waals surface area contributed by atoms with Gasteiger partial charge in [-0.2, -0.15) is 0 Å². The Kier molecular flexibility index (Phi) is 2.43. The van der Waals surface area contributed by atoms with E-state index in [1.165, 1.54) is 38.5 Å². The Morgan fingerprint density at radius 3 is 2.60 bits per heavy atom. The SMILES string of the molecule is Clc1nnc(C2CC2)n1CCC1CCC1. The van der Waals surface area contributed by atoms with E-state index in [4.69, 9.17) is 11.6 Å². The maximum atomic E-state index is 6.05.